The van der Waals surface area contributed by atoms with E-state index in [1.165, 1.54) is 24.3 Å². The topological polar surface area (TPSA) is 102 Å². The zero-order chi connectivity index (χ0) is 17.8. The molecule has 6 nitrogen and oxygen atoms in total. The highest BCUT2D eigenvalue weighted by atomic mass is 35.5. The van der Waals surface area contributed by atoms with Crippen LogP contribution in [-0.2, 0) is 9.84 Å². The maximum atomic E-state index is 13.0. The lowest BCUT2D eigenvalue weighted by molar-refractivity contribution is 0.174. The van der Waals surface area contributed by atoms with Crippen molar-refractivity contribution in [3.63, 3.8) is 0 Å². The van der Waals surface area contributed by atoms with E-state index >= 15 is 0 Å². The molecule has 1 aliphatic carbocycles. The Balaban J connectivity index is 1.75. The van der Waals surface area contributed by atoms with Crippen molar-refractivity contribution in [3.05, 3.63) is 53.1 Å². The molecule has 2 N–H and O–H groups in total. The van der Waals surface area contributed by atoms with Gasteiger partial charge in [0.1, 0.15) is 10.8 Å². The van der Waals surface area contributed by atoms with Crippen molar-refractivity contribution >= 4 is 21.4 Å². The van der Waals surface area contributed by atoms with E-state index < -0.39 is 26.5 Å². The Morgan fingerprint density at radius 3 is 2.52 bits per heavy atom. The molecule has 1 heterocycles. The Morgan fingerprint density at radius 2 is 1.84 bits per heavy atom. The van der Waals surface area contributed by atoms with Crippen LogP contribution in [0.5, 0.6) is 11.5 Å². The quantitative estimate of drug-likeness (QED) is 0.881. The third-order valence-corrected chi connectivity index (χ3v) is 7.12. The molecule has 0 radical (unpaired) electrons. The van der Waals surface area contributed by atoms with Crippen molar-refractivity contribution < 1.29 is 17.9 Å². The number of hydrogen-bond donors (Lipinski definition) is 1. The van der Waals surface area contributed by atoms with Crippen LogP contribution in [0.2, 0.25) is 5.02 Å². The van der Waals surface area contributed by atoms with Crippen LogP contribution >= 0.6 is 11.6 Å². The fourth-order valence-electron chi connectivity index (χ4n) is 3.27. The van der Waals surface area contributed by atoms with Crippen LogP contribution in [0.1, 0.15) is 11.5 Å². The lowest BCUT2D eigenvalue weighted by Crippen LogP contribution is -2.29. The smallest absolute Gasteiger partial charge is 0.231 e. The first kappa shape index (κ1) is 16.2. The van der Waals surface area contributed by atoms with E-state index in [2.05, 4.69) is 0 Å². The highest BCUT2D eigenvalue weighted by Crippen LogP contribution is 2.56. The minimum atomic E-state index is -3.79. The third-order valence-electron chi connectivity index (χ3n) is 4.60. The molecule has 3 atom stereocenters. The number of sulfone groups is 1. The summed E-state index contributed by atoms with van der Waals surface area (Å²) in [5, 5.41) is 8.89. The summed E-state index contributed by atoms with van der Waals surface area (Å²) < 4.78 is 36.5. The lowest BCUT2D eigenvalue weighted by atomic mass is 10.1. The molecule has 0 aromatic heterocycles. The van der Waals surface area contributed by atoms with Gasteiger partial charge in [0, 0.05) is 10.9 Å². The Morgan fingerprint density at radius 1 is 1.16 bits per heavy atom. The van der Waals surface area contributed by atoms with Gasteiger partial charge in [-0.05, 0) is 42.0 Å². The van der Waals surface area contributed by atoms with Gasteiger partial charge in [-0.2, -0.15) is 5.26 Å². The first-order valence-corrected chi connectivity index (χ1v) is 9.39. The van der Waals surface area contributed by atoms with Crippen molar-refractivity contribution in [1.29, 1.82) is 5.26 Å². The van der Waals surface area contributed by atoms with Gasteiger partial charge < -0.3 is 15.2 Å². The molecule has 2 aromatic rings. The lowest BCUT2D eigenvalue weighted by Gasteiger charge is -2.05. The second-order valence-electron chi connectivity index (χ2n) is 6.05. The normalized spacial score (nSPS) is 26.9. The summed E-state index contributed by atoms with van der Waals surface area (Å²) >= 11 is 5.82. The maximum absolute atomic E-state index is 13.0. The second-order valence-corrected chi connectivity index (χ2v) is 8.56. The molecule has 25 heavy (non-hydrogen) atoms. The number of rotatable bonds is 3. The molecule has 0 saturated heterocycles. The van der Waals surface area contributed by atoms with Crippen molar-refractivity contribution in [2.45, 2.75) is 21.6 Å². The molecule has 1 fully saturated rings. The summed E-state index contributed by atoms with van der Waals surface area (Å²) in [5.41, 5.74) is 5.27. The molecule has 2 aromatic carbocycles. The Bertz CT molecular complexity index is 1000. The number of nitriles is 1. The summed E-state index contributed by atoms with van der Waals surface area (Å²) in [6, 6.07) is 12.9. The highest BCUT2D eigenvalue weighted by molar-refractivity contribution is 7.92. The predicted molar refractivity (Wildman–Crippen MR) is 90.3 cm³/mol. The number of nitrogens with two attached hydrogens (primary N) is 1. The SMILES string of the molecule is N#C[C@@]1(N)[C@@H](c2ccc3c(c2)OCO3)[C@@H]1S(=O)(=O)c1ccc(Cl)cc1. The number of benzene rings is 2. The summed E-state index contributed by atoms with van der Waals surface area (Å²) in [6.07, 6.45) is 0. The van der Waals surface area contributed by atoms with E-state index in [0.29, 0.717) is 22.1 Å². The molecular formula is C17H13ClN2O4S. The number of halogens is 1. The van der Waals surface area contributed by atoms with E-state index in [1.54, 1.807) is 18.2 Å². The molecule has 1 saturated carbocycles. The number of fused-ring (bicyclic) bond motifs is 1. The van der Waals surface area contributed by atoms with E-state index in [1.807, 2.05) is 6.07 Å². The van der Waals surface area contributed by atoms with E-state index in [9.17, 15) is 13.7 Å². The third kappa shape index (κ3) is 2.37. The molecular weight excluding hydrogens is 364 g/mol. The van der Waals surface area contributed by atoms with Crippen molar-refractivity contribution in [2.24, 2.45) is 5.73 Å². The van der Waals surface area contributed by atoms with Gasteiger partial charge >= 0.3 is 0 Å². The van der Waals surface area contributed by atoms with Crippen LogP contribution in [0.4, 0.5) is 0 Å². The molecule has 4 rings (SSSR count). The van der Waals surface area contributed by atoms with Gasteiger partial charge in [-0.25, -0.2) is 8.42 Å². The standard InChI is InChI=1S/C17H13ClN2O4S/c18-11-2-4-12(5-3-11)25(21,22)16-15(17(16,20)8-19)10-1-6-13-14(7-10)24-9-23-13/h1-7,15-16H,9,20H2/t15-,16-,17+/m0/s1. The number of nitrogens with zero attached hydrogens (tertiary/aromatic N) is 1. The number of ether oxygens (including phenoxy) is 2. The minimum absolute atomic E-state index is 0.0928. The summed E-state index contributed by atoms with van der Waals surface area (Å²) in [6.45, 7) is 0.113. The van der Waals surface area contributed by atoms with Gasteiger partial charge in [0.25, 0.3) is 0 Å². The fourth-order valence-corrected chi connectivity index (χ4v) is 5.58. The average Bonchev–Trinajstić information content (AvgIpc) is 2.99. The predicted octanol–water partition coefficient (Wildman–Crippen LogP) is 2.23. The van der Waals surface area contributed by atoms with E-state index in [-0.39, 0.29) is 11.7 Å². The van der Waals surface area contributed by atoms with Gasteiger partial charge in [-0.3, -0.25) is 0 Å². The van der Waals surface area contributed by atoms with Gasteiger partial charge in [0.15, 0.2) is 21.3 Å². The Labute approximate surface area is 149 Å². The molecule has 2 aliphatic rings. The second kappa shape index (κ2) is 5.36. The first-order chi connectivity index (χ1) is 11.9. The molecule has 0 spiro atoms. The molecule has 1 aliphatic heterocycles. The molecule has 0 bridgehead atoms. The van der Waals surface area contributed by atoms with Crippen LogP contribution in [-0.4, -0.2) is 26.0 Å². The zero-order valence-electron chi connectivity index (χ0n) is 12.8. The van der Waals surface area contributed by atoms with Crippen molar-refractivity contribution in [2.75, 3.05) is 6.79 Å². The largest absolute Gasteiger partial charge is 0.454 e. The van der Waals surface area contributed by atoms with Crippen molar-refractivity contribution in [3.8, 4) is 17.6 Å². The number of hydrogen-bond acceptors (Lipinski definition) is 6. The molecule has 0 amide bonds. The molecule has 8 heteroatoms. The molecule has 0 unspecified atom stereocenters. The van der Waals surface area contributed by atoms with Crippen LogP contribution < -0.4 is 15.2 Å². The van der Waals surface area contributed by atoms with E-state index in [0.717, 1.165) is 0 Å². The Hall–Kier alpha value is -2.27. The maximum Gasteiger partial charge on any atom is 0.231 e. The first-order valence-electron chi connectivity index (χ1n) is 7.47. The van der Waals surface area contributed by atoms with Crippen LogP contribution in [0.3, 0.4) is 0 Å². The molecule has 128 valence electrons. The van der Waals surface area contributed by atoms with Gasteiger partial charge in [0.2, 0.25) is 6.79 Å². The summed E-state index contributed by atoms with van der Waals surface area (Å²) in [4.78, 5) is 0.0928. The van der Waals surface area contributed by atoms with E-state index in [4.69, 9.17) is 26.8 Å². The van der Waals surface area contributed by atoms with Crippen LogP contribution in [0.15, 0.2) is 47.4 Å². The summed E-state index contributed by atoms with van der Waals surface area (Å²) in [7, 11) is -3.79. The Kier molecular flexibility index (Phi) is 3.48. The van der Waals surface area contributed by atoms with Gasteiger partial charge in [0.05, 0.1) is 11.0 Å². The van der Waals surface area contributed by atoms with Crippen LogP contribution in [0.25, 0.3) is 0 Å². The minimum Gasteiger partial charge on any atom is -0.454 e. The monoisotopic (exact) mass is 376 g/mol. The fraction of sp³-hybridized carbons (Fsp3) is 0.235. The van der Waals surface area contributed by atoms with Gasteiger partial charge in [-0.1, -0.05) is 17.7 Å². The van der Waals surface area contributed by atoms with Crippen LogP contribution in [0, 0.1) is 11.3 Å². The zero-order valence-corrected chi connectivity index (χ0v) is 14.4. The van der Waals surface area contributed by atoms with Crippen molar-refractivity contribution in [1.82, 2.24) is 0 Å². The van der Waals surface area contributed by atoms with Gasteiger partial charge in [-0.15, -0.1) is 0 Å². The highest BCUT2D eigenvalue weighted by Gasteiger charge is 2.70. The summed E-state index contributed by atoms with van der Waals surface area (Å²) in [5.74, 6) is 0.459. The average molecular weight is 377 g/mol.